The van der Waals surface area contributed by atoms with Crippen LogP contribution in [0.25, 0.3) is 0 Å². The number of hydrogen-bond acceptors (Lipinski definition) is 5. The highest BCUT2D eigenvalue weighted by molar-refractivity contribution is 8.77. The summed E-state index contributed by atoms with van der Waals surface area (Å²) in [6.45, 7) is 1.40. The van der Waals surface area contributed by atoms with Crippen LogP contribution in [-0.2, 0) is 14.3 Å². The molecule has 2 atom stereocenters. The van der Waals surface area contributed by atoms with Gasteiger partial charge in [-0.3, -0.25) is 9.59 Å². The molecule has 0 radical (unpaired) electrons. The minimum Gasteiger partial charge on any atom is -0.453 e. The number of anilines is 1. The molecule has 0 saturated carbocycles. The SMILES string of the molecule is C[C@@H](OC(=O)CCCC[C@H]1CCSS1)C(=O)Nc1cc(F)ccc1F. The topological polar surface area (TPSA) is 55.4 Å². The van der Waals surface area contributed by atoms with Crippen molar-refractivity contribution in [3.05, 3.63) is 29.8 Å². The second-order valence-electron chi connectivity index (χ2n) is 5.82. The minimum absolute atomic E-state index is 0.247. The van der Waals surface area contributed by atoms with Gasteiger partial charge in [-0.1, -0.05) is 28.0 Å². The van der Waals surface area contributed by atoms with Crippen LogP contribution in [0.5, 0.6) is 0 Å². The molecule has 1 N–H and O–H groups in total. The van der Waals surface area contributed by atoms with E-state index in [1.54, 1.807) is 0 Å². The van der Waals surface area contributed by atoms with Gasteiger partial charge in [0.1, 0.15) is 11.6 Å². The fourth-order valence-electron chi connectivity index (χ4n) is 2.34. The highest BCUT2D eigenvalue weighted by Gasteiger charge is 2.20. The molecule has 0 aliphatic carbocycles. The number of carbonyl (C=O) groups is 2. The number of benzene rings is 1. The first-order valence-electron chi connectivity index (χ1n) is 8.19. The van der Waals surface area contributed by atoms with E-state index in [4.69, 9.17) is 4.74 Å². The van der Waals surface area contributed by atoms with Crippen LogP contribution in [-0.4, -0.2) is 29.0 Å². The molecule has 25 heavy (non-hydrogen) atoms. The Labute approximate surface area is 153 Å². The second-order valence-corrected chi connectivity index (χ2v) is 8.61. The zero-order chi connectivity index (χ0) is 18.2. The lowest BCUT2D eigenvalue weighted by Crippen LogP contribution is -2.30. The number of esters is 1. The highest BCUT2D eigenvalue weighted by atomic mass is 33.1. The van der Waals surface area contributed by atoms with Gasteiger partial charge in [-0.25, -0.2) is 8.78 Å². The molecule has 4 nitrogen and oxygen atoms in total. The van der Waals surface area contributed by atoms with Crippen LogP contribution in [0.1, 0.15) is 39.0 Å². The van der Waals surface area contributed by atoms with Crippen LogP contribution in [0.2, 0.25) is 0 Å². The molecule has 1 aromatic rings. The fourth-order valence-corrected chi connectivity index (χ4v) is 5.37. The van der Waals surface area contributed by atoms with E-state index in [1.807, 2.05) is 21.6 Å². The molecule has 0 aromatic heterocycles. The minimum atomic E-state index is -1.07. The molecule has 8 heteroatoms. The van der Waals surface area contributed by atoms with E-state index < -0.39 is 29.6 Å². The number of unbranched alkanes of at least 4 members (excludes halogenated alkanes) is 1. The van der Waals surface area contributed by atoms with Crippen LogP contribution < -0.4 is 5.32 Å². The molecule has 2 rings (SSSR count). The molecular weight excluding hydrogens is 368 g/mol. The number of rotatable bonds is 8. The van der Waals surface area contributed by atoms with Crippen molar-refractivity contribution in [1.29, 1.82) is 0 Å². The lowest BCUT2D eigenvalue weighted by molar-refractivity contribution is -0.153. The molecule has 1 saturated heterocycles. The largest absolute Gasteiger partial charge is 0.453 e. The average molecular weight is 389 g/mol. The van der Waals surface area contributed by atoms with Crippen LogP contribution in [0.3, 0.4) is 0 Å². The standard InChI is InChI=1S/C17H21F2NO3S2/c1-11(17(22)20-15-10-12(18)6-7-14(15)19)23-16(21)5-3-2-4-13-8-9-24-25-13/h6-7,10-11,13H,2-5,8-9H2,1H3,(H,20,22)/t11-,13+/m1/s1. The summed E-state index contributed by atoms with van der Waals surface area (Å²) in [4.78, 5) is 23.7. The summed E-state index contributed by atoms with van der Waals surface area (Å²) >= 11 is 0. The molecule has 1 amide bonds. The van der Waals surface area contributed by atoms with Gasteiger partial charge in [-0.05, 0) is 38.3 Å². The Morgan fingerprint density at radius 2 is 2.16 bits per heavy atom. The lowest BCUT2D eigenvalue weighted by Gasteiger charge is -2.14. The van der Waals surface area contributed by atoms with Crippen molar-refractivity contribution in [3.8, 4) is 0 Å². The molecule has 0 unspecified atom stereocenters. The van der Waals surface area contributed by atoms with Gasteiger partial charge in [0.05, 0.1) is 5.69 Å². The van der Waals surface area contributed by atoms with Gasteiger partial charge in [0, 0.05) is 23.5 Å². The normalized spacial score (nSPS) is 18.0. The Morgan fingerprint density at radius 1 is 1.36 bits per heavy atom. The third-order valence-electron chi connectivity index (χ3n) is 3.75. The molecule has 0 spiro atoms. The number of amides is 1. The maximum Gasteiger partial charge on any atom is 0.306 e. The van der Waals surface area contributed by atoms with Crippen molar-refractivity contribution in [2.24, 2.45) is 0 Å². The Kier molecular flexibility index (Phi) is 8.02. The van der Waals surface area contributed by atoms with Crippen molar-refractivity contribution >= 4 is 39.2 Å². The van der Waals surface area contributed by atoms with E-state index in [1.165, 1.54) is 19.1 Å². The lowest BCUT2D eigenvalue weighted by atomic mass is 10.1. The molecule has 0 bridgehead atoms. The van der Waals surface area contributed by atoms with Gasteiger partial charge < -0.3 is 10.1 Å². The Morgan fingerprint density at radius 3 is 2.88 bits per heavy atom. The van der Waals surface area contributed by atoms with Gasteiger partial charge in [0.2, 0.25) is 0 Å². The number of hydrogen-bond donors (Lipinski definition) is 1. The fraction of sp³-hybridized carbons (Fsp3) is 0.529. The Hall–Kier alpha value is -1.28. The van der Waals surface area contributed by atoms with E-state index in [0.717, 1.165) is 31.0 Å². The van der Waals surface area contributed by atoms with E-state index in [2.05, 4.69) is 5.32 Å². The van der Waals surface area contributed by atoms with Crippen molar-refractivity contribution in [1.82, 2.24) is 0 Å². The van der Waals surface area contributed by atoms with Gasteiger partial charge in [0.25, 0.3) is 5.91 Å². The van der Waals surface area contributed by atoms with E-state index in [0.29, 0.717) is 11.7 Å². The smallest absolute Gasteiger partial charge is 0.306 e. The molecule has 1 fully saturated rings. The summed E-state index contributed by atoms with van der Waals surface area (Å²) in [5.74, 6) is -1.39. The van der Waals surface area contributed by atoms with Crippen molar-refractivity contribution in [2.75, 3.05) is 11.1 Å². The van der Waals surface area contributed by atoms with E-state index >= 15 is 0 Å². The van der Waals surface area contributed by atoms with Gasteiger partial charge in [0.15, 0.2) is 6.10 Å². The Balaban J connectivity index is 1.68. The molecule has 1 aliphatic rings. The third kappa shape index (κ3) is 6.86. The number of halogens is 2. The van der Waals surface area contributed by atoms with Gasteiger partial charge in [-0.2, -0.15) is 0 Å². The number of ether oxygens (including phenoxy) is 1. The maximum absolute atomic E-state index is 13.5. The van der Waals surface area contributed by atoms with Gasteiger partial charge >= 0.3 is 5.97 Å². The third-order valence-corrected chi connectivity index (χ3v) is 6.75. The highest BCUT2D eigenvalue weighted by Crippen LogP contribution is 2.39. The molecule has 1 aromatic carbocycles. The summed E-state index contributed by atoms with van der Waals surface area (Å²) in [5.41, 5.74) is -0.278. The second kappa shape index (κ2) is 10.0. The first-order valence-corrected chi connectivity index (χ1v) is 10.6. The zero-order valence-corrected chi connectivity index (χ0v) is 15.6. The maximum atomic E-state index is 13.5. The van der Waals surface area contributed by atoms with E-state index in [9.17, 15) is 18.4 Å². The van der Waals surface area contributed by atoms with Gasteiger partial charge in [-0.15, -0.1) is 0 Å². The predicted octanol–water partition coefficient (Wildman–Crippen LogP) is 4.55. The summed E-state index contributed by atoms with van der Waals surface area (Å²) in [5, 5.41) is 2.90. The molecule has 138 valence electrons. The van der Waals surface area contributed by atoms with Crippen molar-refractivity contribution in [3.63, 3.8) is 0 Å². The van der Waals surface area contributed by atoms with Crippen LogP contribution in [0, 0.1) is 11.6 Å². The quantitative estimate of drug-likeness (QED) is 0.402. The zero-order valence-electron chi connectivity index (χ0n) is 13.9. The monoisotopic (exact) mass is 389 g/mol. The van der Waals surface area contributed by atoms with Crippen LogP contribution >= 0.6 is 21.6 Å². The molecule has 1 heterocycles. The average Bonchev–Trinajstić information content (AvgIpc) is 3.08. The summed E-state index contributed by atoms with van der Waals surface area (Å²) < 4.78 is 31.6. The summed E-state index contributed by atoms with van der Waals surface area (Å²) in [6, 6.07) is 2.75. The first-order chi connectivity index (χ1) is 12.0. The van der Waals surface area contributed by atoms with Crippen molar-refractivity contribution in [2.45, 2.75) is 50.4 Å². The Bertz CT molecular complexity index is 610. The molecular formula is C17H21F2NO3S2. The predicted molar refractivity (Wildman–Crippen MR) is 97.5 cm³/mol. The van der Waals surface area contributed by atoms with Crippen molar-refractivity contribution < 1.29 is 23.1 Å². The number of nitrogens with one attached hydrogen (secondary N) is 1. The number of carbonyl (C=O) groups excluding carboxylic acids is 2. The molecule has 1 aliphatic heterocycles. The summed E-state index contributed by atoms with van der Waals surface area (Å²) in [7, 11) is 3.80. The van der Waals surface area contributed by atoms with Crippen LogP contribution in [0.15, 0.2) is 18.2 Å². The van der Waals surface area contributed by atoms with E-state index in [-0.39, 0.29) is 12.1 Å². The first kappa shape index (κ1) is 20.0. The van der Waals surface area contributed by atoms with Crippen LogP contribution in [0.4, 0.5) is 14.5 Å². The summed E-state index contributed by atoms with van der Waals surface area (Å²) in [6.07, 6.45) is 3.14.